The van der Waals surface area contributed by atoms with Crippen molar-refractivity contribution in [1.29, 1.82) is 0 Å². The Morgan fingerprint density at radius 3 is 2.52 bits per heavy atom. The number of amides is 2. The highest BCUT2D eigenvalue weighted by molar-refractivity contribution is 6.30. The standard InChI is InChI=1S/C14H23N5O.C6H5Cl/c1-11-2-4-12(5-3-11)18-14(20)17-7-9-19-8-6-16-13(19)10-15;7-6-4-2-1-3-5-6/h2-5,13,16H,6-10,15H2,1H3,(H2,17,18,20);1-5H. The predicted molar refractivity (Wildman–Crippen MR) is 112 cm³/mol. The molecular formula is C20H28ClN5O. The predicted octanol–water partition coefficient (Wildman–Crippen LogP) is 2.65. The SMILES string of the molecule is Cc1ccc(NC(=O)NCCN2CCNC2CN)cc1.Clc1ccccc1. The van der Waals surface area contributed by atoms with Crippen LogP contribution in [0.5, 0.6) is 0 Å². The van der Waals surface area contributed by atoms with Crippen molar-refractivity contribution >= 4 is 23.3 Å². The third-order valence-corrected chi connectivity index (χ3v) is 4.42. The molecule has 146 valence electrons. The molecule has 2 amide bonds. The second-order valence-electron chi connectivity index (χ2n) is 6.28. The number of aryl methyl sites for hydroxylation is 1. The number of hydrogen-bond donors (Lipinski definition) is 4. The van der Waals surface area contributed by atoms with Crippen LogP contribution in [0.2, 0.25) is 5.02 Å². The van der Waals surface area contributed by atoms with Gasteiger partial charge < -0.3 is 16.4 Å². The molecule has 3 rings (SSSR count). The molecule has 0 saturated carbocycles. The van der Waals surface area contributed by atoms with Crippen LogP contribution < -0.4 is 21.7 Å². The molecular weight excluding hydrogens is 362 g/mol. The Labute approximate surface area is 166 Å². The van der Waals surface area contributed by atoms with Gasteiger partial charge >= 0.3 is 6.03 Å². The van der Waals surface area contributed by atoms with Crippen molar-refractivity contribution in [3.05, 3.63) is 65.2 Å². The molecule has 0 radical (unpaired) electrons. The van der Waals surface area contributed by atoms with Gasteiger partial charge in [-0.05, 0) is 31.2 Å². The van der Waals surface area contributed by atoms with Crippen LogP contribution in [-0.4, -0.2) is 49.8 Å². The zero-order valence-corrected chi connectivity index (χ0v) is 16.4. The highest BCUT2D eigenvalue weighted by Crippen LogP contribution is 2.08. The van der Waals surface area contributed by atoms with Crippen LogP contribution in [0.4, 0.5) is 10.5 Å². The third-order valence-electron chi connectivity index (χ3n) is 4.17. The van der Waals surface area contributed by atoms with Gasteiger partial charge in [0.05, 0.1) is 6.17 Å². The summed E-state index contributed by atoms with van der Waals surface area (Å²) in [5.74, 6) is 0. The summed E-state index contributed by atoms with van der Waals surface area (Å²) in [5, 5.41) is 9.77. The molecule has 1 unspecified atom stereocenters. The van der Waals surface area contributed by atoms with Gasteiger partial charge in [0.1, 0.15) is 0 Å². The maximum atomic E-state index is 11.7. The first-order valence-corrected chi connectivity index (χ1v) is 9.46. The van der Waals surface area contributed by atoms with Crippen molar-refractivity contribution in [2.75, 3.05) is 38.0 Å². The molecule has 2 aromatic rings. The minimum Gasteiger partial charge on any atom is -0.337 e. The van der Waals surface area contributed by atoms with Crippen molar-refractivity contribution in [2.24, 2.45) is 5.73 Å². The van der Waals surface area contributed by atoms with Crippen molar-refractivity contribution < 1.29 is 4.79 Å². The van der Waals surface area contributed by atoms with Crippen LogP contribution in [0.15, 0.2) is 54.6 Å². The zero-order valence-electron chi connectivity index (χ0n) is 15.6. The van der Waals surface area contributed by atoms with Crippen LogP contribution in [0, 0.1) is 6.92 Å². The molecule has 1 saturated heterocycles. The summed E-state index contributed by atoms with van der Waals surface area (Å²) in [4.78, 5) is 14.0. The first kappa shape index (κ1) is 21.2. The molecule has 0 aromatic heterocycles. The molecule has 2 aromatic carbocycles. The Hall–Kier alpha value is -2.12. The van der Waals surface area contributed by atoms with E-state index in [-0.39, 0.29) is 12.2 Å². The molecule has 7 heteroatoms. The summed E-state index contributed by atoms with van der Waals surface area (Å²) in [6.45, 7) is 5.95. The number of anilines is 1. The number of urea groups is 1. The average molecular weight is 390 g/mol. The fraction of sp³-hybridized carbons (Fsp3) is 0.350. The van der Waals surface area contributed by atoms with Crippen molar-refractivity contribution in [2.45, 2.75) is 13.1 Å². The normalized spacial score (nSPS) is 16.3. The van der Waals surface area contributed by atoms with Crippen LogP contribution in [-0.2, 0) is 0 Å². The van der Waals surface area contributed by atoms with Crippen molar-refractivity contribution in [3.63, 3.8) is 0 Å². The van der Waals surface area contributed by atoms with Crippen LogP contribution in [0.1, 0.15) is 5.56 Å². The van der Waals surface area contributed by atoms with Gasteiger partial charge in [0.25, 0.3) is 0 Å². The minimum absolute atomic E-state index is 0.176. The number of rotatable bonds is 5. The summed E-state index contributed by atoms with van der Waals surface area (Å²) < 4.78 is 0. The number of nitrogens with one attached hydrogen (secondary N) is 3. The highest BCUT2D eigenvalue weighted by Gasteiger charge is 2.21. The summed E-state index contributed by atoms with van der Waals surface area (Å²) in [6.07, 6.45) is 0.233. The third kappa shape index (κ3) is 7.97. The molecule has 1 atom stereocenters. The molecule has 0 bridgehead atoms. The lowest BCUT2D eigenvalue weighted by atomic mass is 10.2. The number of halogens is 1. The summed E-state index contributed by atoms with van der Waals surface area (Å²) in [7, 11) is 0. The summed E-state index contributed by atoms with van der Waals surface area (Å²) in [5.41, 5.74) is 7.64. The lowest BCUT2D eigenvalue weighted by molar-refractivity contribution is 0.236. The van der Waals surface area contributed by atoms with Crippen LogP contribution in [0.25, 0.3) is 0 Å². The maximum Gasteiger partial charge on any atom is 0.319 e. The zero-order chi connectivity index (χ0) is 19.5. The smallest absolute Gasteiger partial charge is 0.319 e. The van der Waals surface area contributed by atoms with Crippen molar-refractivity contribution in [3.8, 4) is 0 Å². The summed E-state index contributed by atoms with van der Waals surface area (Å²) >= 11 is 5.54. The van der Waals surface area contributed by atoms with Gasteiger partial charge in [0.2, 0.25) is 0 Å². The van der Waals surface area contributed by atoms with E-state index in [1.165, 1.54) is 5.56 Å². The molecule has 5 N–H and O–H groups in total. The number of nitrogens with two attached hydrogens (primary N) is 1. The lowest BCUT2D eigenvalue weighted by Crippen LogP contribution is -2.45. The van der Waals surface area contributed by atoms with Gasteiger partial charge in [0.15, 0.2) is 0 Å². The van der Waals surface area contributed by atoms with Gasteiger partial charge in [-0.3, -0.25) is 10.2 Å². The van der Waals surface area contributed by atoms with E-state index in [1.54, 1.807) is 0 Å². The van der Waals surface area contributed by atoms with Gasteiger partial charge in [-0.25, -0.2) is 4.79 Å². The van der Waals surface area contributed by atoms with E-state index >= 15 is 0 Å². The van der Waals surface area contributed by atoms with Crippen molar-refractivity contribution in [1.82, 2.24) is 15.5 Å². The Morgan fingerprint density at radius 2 is 1.93 bits per heavy atom. The van der Waals surface area contributed by atoms with E-state index in [9.17, 15) is 4.79 Å². The molecule has 1 aliphatic rings. The maximum absolute atomic E-state index is 11.7. The van der Waals surface area contributed by atoms with Crippen LogP contribution >= 0.6 is 11.6 Å². The number of hydrogen-bond acceptors (Lipinski definition) is 4. The van der Waals surface area contributed by atoms with E-state index in [0.29, 0.717) is 13.1 Å². The molecule has 0 aliphatic carbocycles. The fourth-order valence-electron chi connectivity index (χ4n) is 2.70. The Bertz CT molecular complexity index is 681. The largest absolute Gasteiger partial charge is 0.337 e. The average Bonchev–Trinajstić information content (AvgIpc) is 3.12. The van der Waals surface area contributed by atoms with Crippen LogP contribution in [0.3, 0.4) is 0 Å². The fourth-order valence-corrected chi connectivity index (χ4v) is 2.85. The number of nitrogens with zero attached hydrogens (tertiary/aromatic N) is 1. The van der Waals surface area contributed by atoms with E-state index in [0.717, 1.165) is 30.3 Å². The van der Waals surface area contributed by atoms with E-state index in [1.807, 2.05) is 61.5 Å². The second-order valence-corrected chi connectivity index (χ2v) is 6.72. The van der Waals surface area contributed by atoms with E-state index in [4.69, 9.17) is 17.3 Å². The van der Waals surface area contributed by atoms with Gasteiger partial charge in [-0.2, -0.15) is 0 Å². The molecule has 0 spiro atoms. The minimum atomic E-state index is -0.176. The Balaban J connectivity index is 0.000000313. The first-order valence-electron chi connectivity index (χ1n) is 9.08. The van der Waals surface area contributed by atoms with Gasteiger partial charge in [-0.1, -0.05) is 47.5 Å². The molecule has 6 nitrogen and oxygen atoms in total. The van der Waals surface area contributed by atoms with Gasteiger partial charge in [0, 0.05) is 43.4 Å². The molecule has 1 fully saturated rings. The first-order chi connectivity index (χ1) is 13.1. The quantitative estimate of drug-likeness (QED) is 0.633. The number of carbonyl (C=O) groups is 1. The molecule has 27 heavy (non-hydrogen) atoms. The molecule has 1 aliphatic heterocycles. The Morgan fingerprint density at radius 1 is 1.22 bits per heavy atom. The topological polar surface area (TPSA) is 82.4 Å². The van der Waals surface area contributed by atoms with Gasteiger partial charge in [-0.15, -0.1) is 0 Å². The summed E-state index contributed by atoms with van der Waals surface area (Å²) in [6, 6.07) is 17.0. The molecule has 1 heterocycles. The second kappa shape index (κ2) is 11.6. The van der Waals surface area contributed by atoms with E-state index in [2.05, 4.69) is 20.9 Å². The highest BCUT2D eigenvalue weighted by atomic mass is 35.5. The Kier molecular flexibility index (Phi) is 9.07. The van der Waals surface area contributed by atoms with E-state index < -0.39 is 0 Å². The monoisotopic (exact) mass is 389 g/mol. The number of benzene rings is 2. The number of carbonyl (C=O) groups excluding carboxylic acids is 1. The lowest BCUT2D eigenvalue weighted by Gasteiger charge is -2.22.